The summed E-state index contributed by atoms with van der Waals surface area (Å²) < 4.78 is -0.0207. The van der Waals surface area contributed by atoms with E-state index in [4.69, 9.17) is 58.6 Å². The molecule has 3 heterocycles. The SMILES string of the molecule is O=C(NC(NC(=S)N1C[C@@H]2C[C@H](C1)c1cccc(=O)n1C2)C(Cl)(Cl)Cl)c1ccccc1Cl. The minimum Gasteiger partial charge on any atom is -0.348 e. The molecular formula is C21H20Cl4N4O2S. The van der Waals surface area contributed by atoms with Gasteiger partial charge in [0.05, 0.1) is 10.6 Å². The van der Waals surface area contributed by atoms with E-state index >= 15 is 0 Å². The van der Waals surface area contributed by atoms with Gasteiger partial charge in [-0.1, -0.05) is 64.6 Å². The van der Waals surface area contributed by atoms with Gasteiger partial charge in [-0.2, -0.15) is 0 Å². The van der Waals surface area contributed by atoms with Crippen molar-refractivity contribution in [3.05, 3.63) is 69.1 Å². The third-order valence-electron chi connectivity index (χ3n) is 5.76. The van der Waals surface area contributed by atoms with Crippen LogP contribution in [0.2, 0.25) is 5.02 Å². The number of pyridine rings is 1. The van der Waals surface area contributed by atoms with Crippen LogP contribution in [0, 0.1) is 5.92 Å². The maximum atomic E-state index is 12.7. The van der Waals surface area contributed by atoms with Gasteiger partial charge in [0.25, 0.3) is 11.5 Å². The summed E-state index contributed by atoms with van der Waals surface area (Å²) in [5.74, 6) is -0.0591. The number of rotatable bonds is 3. The summed E-state index contributed by atoms with van der Waals surface area (Å²) in [7, 11) is 0. The number of likely N-dealkylation sites (tertiary alicyclic amines) is 1. The van der Waals surface area contributed by atoms with Crippen LogP contribution in [0.5, 0.6) is 0 Å². The van der Waals surface area contributed by atoms with Crippen molar-refractivity contribution < 1.29 is 4.79 Å². The lowest BCUT2D eigenvalue weighted by Gasteiger charge is -2.44. The number of carbonyl (C=O) groups excluding carboxylic acids is 1. The van der Waals surface area contributed by atoms with E-state index in [1.165, 1.54) is 0 Å². The van der Waals surface area contributed by atoms with Gasteiger partial charge < -0.3 is 20.1 Å². The average Bonchev–Trinajstić information content (AvgIpc) is 2.73. The van der Waals surface area contributed by atoms with Crippen molar-refractivity contribution in [2.24, 2.45) is 5.92 Å². The normalized spacial score (nSPS) is 20.8. The fourth-order valence-electron chi connectivity index (χ4n) is 4.33. The Labute approximate surface area is 210 Å². The Bertz CT molecular complexity index is 1100. The van der Waals surface area contributed by atoms with E-state index in [0.717, 1.165) is 12.1 Å². The molecule has 11 heteroatoms. The first-order chi connectivity index (χ1) is 15.1. The summed E-state index contributed by atoms with van der Waals surface area (Å²) in [5.41, 5.74) is 1.28. The molecule has 6 nitrogen and oxygen atoms in total. The van der Waals surface area contributed by atoms with E-state index in [1.54, 1.807) is 36.4 Å². The molecule has 170 valence electrons. The zero-order valence-electron chi connectivity index (χ0n) is 16.7. The van der Waals surface area contributed by atoms with Crippen LogP contribution in [-0.4, -0.2) is 43.5 Å². The Morgan fingerprint density at radius 1 is 1.06 bits per heavy atom. The number of benzene rings is 1. The highest BCUT2D eigenvalue weighted by atomic mass is 35.6. The summed E-state index contributed by atoms with van der Waals surface area (Å²) in [6.07, 6.45) is -0.0971. The Kier molecular flexibility index (Phi) is 6.94. The molecule has 2 aliphatic rings. The Morgan fingerprint density at radius 3 is 2.53 bits per heavy atom. The molecule has 0 saturated carbocycles. The molecule has 1 amide bonds. The van der Waals surface area contributed by atoms with Gasteiger partial charge in [0.2, 0.25) is 3.79 Å². The largest absolute Gasteiger partial charge is 0.348 e. The summed E-state index contributed by atoms with van der Waals surface area (Å²) in [5, 5.41) is 6.31. The van der Waals surface area contributed by atoms with Crippen molar-refractivity contribution in [3.63, 3.8) is 0 Å². The number of thiocarbonyl (C=S) groups is 1. The first kappa shape index (κ1) is 23.6. The third kappa shape index (κ3) is 5.02. The number of nitrogens with one attached hydrogen (secondary N) is 2. The lowest BCUT2D eigenvalue weighted by atomic mass is 9.83. The molecule has 2 aromatic rings. The number of alkyl halides is 3. The second-order valence-corrected chi connectivity index (χ2v) is 11.1. The van der Waals surface area contributed by atoms with Crippen LogP contribution in [0.4, 0.5) is 0 Å². The molecule has 4 rings (SSSR count). The van der Waals surface area contributed by atoms with Crippen molar-refractivity contribution in [1.29, 1.82) is 0 Å². The second-order valence-electron chi connectivity index (χ2n) is 7.98. The van der Waals surface area contributed by atoms with Crippen LogP contribution >= 0.6 is 58.6 Å². The van der Waals surface area contributed by atoms with Gasteiger partial charge in [0.1, 0.15) is 6.17 Å². The van der Waals surface area contributed by atoms with Crippen LogP contribution in [0.3, 0.4) is 0 Å². The molecule has 0 spiro atoms. The highest BCUT2D eigenvalue weighted by Crippen LogP contribution is 2.35. The maximum Gasteiger partial charge on any atom is 0.254 e. The number of nitrogens with zero attached hydrogens (tertiary/aromatic N) is 2. The van der Waals surface area contributed by atoms with E-state index in [-0.39, 0.29) is 28.0 Å². The maximum absolute atomic E-state index is 12.7. The molecule has 1 aromatic carbocycles. The summed E-state index contributed by atoms with van der Waals surface area (Å²) in [6, 6.07) is 12.0. The van der Waals surface area contributed by atoms with E-state index in [1.807, 2.05) is 15.5 Å². The highest BCUT2D eigenvalue weighted by Gasteiger charge is 2.39. The number of carbonyl (C=O) groups is 1. The molecule has 32 heavy (non-hydrogen) atoms. The molecule has 1 unspecified atom stereocenters. The molecule has 3 atom stereocenters. The van der Waals surface area contributed by atoms with Gasteiger partial charge in [-0.05, 0) is 42.8 Å². The lowest BCUT2D eigenvalue weighted by molar-refractivity contribution is 0.0933. The molecule has 1 saturated heterocycles. The molecule has 0 radical (unpaired) electrons. The highest BCUT2D eigenvalue weighted by molar-refractivity contribution is 7.80. The van der Waals surface area contributed by atoms with Crippen LogP contribution in [0.25, 0.3) is 0 Å². The van der Waals surface area contributed by atoms with E-state index in [0.29, 0.717) is 24.7 Å². The van der Waals surface area contributed by atoms with Crippen molar-refractivity contribution in [2.45, 2.75) is 28.8 Å². The zero-order valence-corrected chi connectivity index (χ0v) is 20.6. The van der Waals surface area contributed by atoms with Crippen LogP contribution < -0.4 is 16.2 Å². The number of hydrogen-bond donors (Lipinski definition) is 2. The van der Waals surface area contributed by atoms with Crippen molar-refractivity contribution in [3.8, 4) is 0 Å². The van der Waals surface area contributed by atoms with Gasteiger partial charge in [-0.25, -0.2) is 0 Å². The molecular weight excluding hydrogens is 514 g/mol. The van der Waals surface area contributed by atoms with E-state index in [2.05, 4.69) is 10.6 Å². The summed E-state index contributed by atoms with van der Waals surface area (Å²) in [4.78, 5) is 26.9. The van der Waals surface area contributed by atoms with Gasteiger partial charge >= 0.3 is 0 Å². The number of halogens is 4. The predicted octanol–water partition coefficient (Wildman–Crippen LogP) is 3.92. The number of hydrogen-bond acceptors (Lipinski definition) is 3. The summed E-state index contributed by atoms with van der Waals surface area (Å²) >= 11 is 30.1. The topological polar surface area (TPSA) is 66.4 Å². The van der Waals surface area contributed by atoms with Crippen LogP contribution in [0.1, 0.15) is 28.4 Å². The van der Waals surface area contributed by atoms with E-state index < -0.39 is 15.9 Å². The van der Waals surface area contributed by atoms with Crippen LogP contribution in [0.15, 0.2) is 47.3 Å². The molecule has 2 aliphatic heterocycles. The minimum atomic E-state index is -1.87. The smallest absolute Gasteiger partial charge is 0.254 e. The molecule has 1 fully saturated rings. The quantitative estimate of drug-likeness (QED) is 0.355. The molecule has 1 aromatic heterocycles. The zero-order chi connectivity index (χ0) is 23.0. The average molecular weight is 534 g/mol. The Morgan fingerprint density at radius 2 is 1.81 bits per heavy atom. The Hall–Kier alpha value is -1.51. The van der Waals surface area contributed by atoms with Crippen LogP contribution in [-0.2, 0) is 6.54 Å². The predicted molar refractivity (Wildman–Crippen MR) is 132 cm³/mol. The fraction of sp³-hybridized carbons (Fsp3) is 0.381. The number of amides is 1. The molecule has 2 bridgehead atoms. The Balaban J connectivity index is 1.48. The van der Waals surface area contributed by atoms with Crippen molar-refractivity contribution in [2.75, 3.05) is 13.1 Å². The monoisotopic (exact) mass is 532 g/mol. The number of piperidine rings is 1. The fourth-order valence-corrected chi connectivity index (χ4v) is 5.15. The third-order valence-corrected chi connectivity index (χ3v) is 7.12. The van der Waals surface area contributed by atoms with Gasteiger partial charge in [-0.3, -0.25) is 9.59 Å². The first-order valence-electron chi connectivity index (χ1n) is 10.0. The second kappa shape index (κ2) is 9.39. The molecule has 2 N–H and O–H groups in total. The standard InChI is InChI=1S/C21H20Cl4N4O2S/c22-15-5-2-1-4-14(15)18(31)26-19(21(23,24)25)27-20(32)28-9-12-8-13(11-28)16-6-3-7-17(30)29(16)10-12/h1-7,12-13,19H,8-11H2,(H,26,31)(H,27,32)/t12-,13+,19?/m0/s1. The molecule has 0 aliphatic carbocycles. The van der Waals surface area contributed by atoms with Gasteiger partial charge in [0.15, 0.2) is 5.11 Å². The summed E-state index contributed by atoms with van der Waals surface area (Å²) in [6.45, 7) is 1.92. The lowest BCUT2D eigenvalue weighted by Crippen LogP contribution is -2.60. The van der Waals surface area contributed by atoms with Gasteiger partial charge in [0, 0.05) is 37.3 Å². The van der Waals surface area contributed by atoms with Crippen molar-refractivity contribution in [1.82, 2.24) is 20.1 Å². The number of aromatic nitrogens is 1. The van der Waals surface area contributed by atoms with Gasteiger partial charge in [-0.15, -0.1) is 0 Å². The van der Waals surface area contributed by atoms with Crippen molar-refractivity contribution >= 4 is 69.6 Å². The number of fused-ring (bicyclic) bond motifs is 4. The van der Waals surface area contributed by atoms with E-state index in [9.17, 15) is 9.59 Å². The minimum absolute atomic E-state index is 0.0184. The first-order valence-corrected chi connectivity index (χ1v) is 11.9.